The number of aromatic nitrogens is 3. The summed E-state index contributed by atoms with van der Waals surface area (Å²) in [6.07, 6.45) is 0. The zero-order chi connectivity index (χ0) is 26.1. The van der Waals surface area contributed by atoms with Crippen LogP contribution in [0.5, 0.6) is 11.5 Å². The molecule has 1 amide bonds. The topological polar surface area (TPSA) is 135 Å². The van der Waals surface area contributed by atoms with Crippen molar-refractivity contribution in [2.75, 3.05) is 19.5 Å². The van der Waals surface area contributed by atoms with E-state index in [4.69, 9.17) is 25.5 Å². The van der Waals surface area contributed by atoms with Crippen molar-refractivity contribution in [1.29, 1.82) is 0 Å². The van der Waals surface area contributed by atoms with E-state index in [0.717, 1.165) is 0 Å². The first-order valence-electron chi connectivity index (χ1n) is 10.8. The smallest absolute Gasteiger partial charge is 0.291 e. The zero-order valence-electron chi connectivity index (χ0n) is 19.5. The molecule has 0 saturated carbocycles. The molecule has 2 aromatic heterocycles. The van der Waals surface area contributed by atoms with E-state index in [1.807, 2.05) is 0 Å². The monoisotopic (exact) mass is 519 g/mol. The van der Waals surface area contributed by atoms with Gasteiger partial charge in [-0.05, 0) is 60.7 Å². The van der Waals surface area contributed by atoms with Crippen LogP contribution in [0.2, 0.25) is 5.02 Å². The third-order valence-corrected chi connectivity index (χ3v) is 5.80. The summed E-state index contributed by atoms with van der Waals surface area (Å²) in [7, 11) is 2.95. The Morgan fingerprint density at radius 2 is 1.81 bits per heavy atom. The molecular weight excluding hydrogens is 502 g/mol. The van der Waals surface area contributed by atoms with Crippen molar-refractivity contribution in [3.63, 3.8) is 0 Å². The molecule has 2 heterocycles. The summed E-state index contributed by atoms with van der Waals surface area (Å²) in [6.45, 7) is 0. The quantitative estimate of drug-likeness (QED) is 0.219. The lowest BCUT2D eigenvalue weighted by molar-refractivity contribution is -0.384. The molecule has 0 saturated heterocycles. The van der Waals surface area contributed by atoms with Gasteiger partial charge in [0.25, 0.3) is 11.6 Å². The predicted octanol–water partition coefficient (Wildman–Crippen LogP) is 5.51. The molecule has 0 bridgehead atoms. The average molecular weight is 520 g/mol. The molecule has 11 nitrogen and oxygen atoms in total. The molecule has 12 heteroatoms. The molecule has 186 valence electrons. The molecule has 0 atom stereocenters. The van der Waals surface area contributed by atoms with E-state index in [-0.39, 0.29) is 22.8 Å². The number of rotatable bonds is 7. The van der Waals surface area contributed by atoms with E-state index < -0.39 is 10.8 Å². The summed E-state index contributed by atoms with van der Waals surface area (Å²) in [6, 6.07) is 17.6. The molecule has 0 spiro atoms. The Morgan fingerprint density at radius 1 is 1.00 bits per heavy atom. The van der Waals surface area contributed by atoms with Gasteiger partial charge in [-0.2, -0.15) is 4.80 Å². The number of carbonyl (C=O) groups is 1. The zero-order valence-corrected chi connectivity index (χ0v) is 20.2. The number of hydrogen-bond donors (Lipinski definition) is 1. The van der Waals surface area contributed by atoms with Crippen molar-refractivity contribution in [3.8, 4) is 28.5 Å². The molecule has 0 aliphatic rings. The summed E-state index contributed by atoms with van der Waals surface area (Å²) in [5.41, 5.74) is 2.28. The molecule has 3 aromatic carbocycles. The second-order valence-corrected chi connectivity index (χ2v) is 8.18. The van der Waals surface area contributed by atoms with Crippen LogP contribution in [0, 0.1) is 10.1 Å². The van der Waals surface area contributed by atoms with Gasteiger partial charge in [0.2, 0.25) is 0 Å². The van der Waals surface area contributed by atoms with Crippen LogP contribution in [-0.2, 0) is 0 Å². The fourth-order valence-corrected chi connectivity index (χ4v) is 3.93. The van der Waals surface area contributed by atoms with E-state index in [1.54, 1.807) is 42.5 Å². The fraction of sp³-hybridized carbons (Fsp3) is 0.0800. The highest BCUT2D eigenvalue weighted by atomic mass is 35.5. The second kappa shape index (κ2) is 9.63. The number of halogens is 1. The third kappa shape index (κ3) is 4.67. The van der Waals surface area contributed by atoms with Gasteiger partial charge in [-0.15, -0.1) is 10.2 Å². The first kappa shape index (κ1) is 23.8. The number of ether oxygens (including phenoxy) is 2. The van der Waals surface area contributed by atoms with Crippen LogP contribution in [-0.4, -0.2) is 40.0 Å². The van der Waals surface area contributed by atoms with Crippen molar-refractivity contribution in [2.24, 2.45) is 0 Å². The third-order valence-electron chi connectivity index (χ3n) is 5.50. The van der Waals surface area contributed by atoms with E-state index in [0.29, 0.717) is 38.9 Å². The number of nitrogens with one attached hydrogen (secondary N) is 1. The molecule has 5 aromatic rings. The summed E-state index contributed by atoms with van der Waals surface area (Å²) in [4.78, 5) is 25.2. The van der Waals surface area contributed by atoms with Gasteiger partial charge < -0.3 is 19.2 Å². The van der Waals surface area contributed by atoms with E-state index in [1.165, 1.54) is 43.3 Å². The minimum Gasteiger partial charge on any atom is -0.497 e. The minimum atomic E-state index is -0.539. The largest absolute Gasteiger partial charge is 0.497 e. The van der Waals surface area contributed by atoms with E-state index in [2.05, 4.69) is 15.5 Å². The van der Waals surface area contributed by atoms with Gasteiger partial charge in [-0.25, -0.2) is 0 Å². The molecule has 0 fully saturated rings. The summed E-state index contributed by atoms with van der Waals surface area (Å²) < 4.78 is 15.9. The van der Waals surface area contributed by atoms with Gasteiger partial charge in [0.15, 0.2) is 5.76 Å². The predicted molar refractivity (Wildman–Crippen MR) is 136 cm³/mol. The number of nitrogens with zero attached hydrogens (tertiary/aromatic N) is 4. The van der Waals surface area contributed by atoms with Crippen LogP contribution in [0.25, 0.3) is 28.0 Å². The first-order chi connectivity index (χ1) is 17.9. The van der Waals surface area contributed by atoms with Crippen molar-refractivity contribution >= 4 is 39.9 Å². The van der Waals surface area contributed by atoms with Crippen molar-refractivity contribution in [1.82, 2.24) is 15.0 Å². The lowest BCUT2D eigenvalue weighted by atomic mass is 10.1. The van der Waals surface area contributed by atoms with Gasteiger partial charge in [0.05, 0.1) is 41.5 Å². The van der Waals surface area contributed by atoms with Crippen molar-refractivity contribution in [2.45, 2.75) is 0 Å². The van der Waals surface area contributed by atoms with Crippen LogP contribution < -0.4 is 14.8 Å². The lowest BCUT2D eigenvalue weighted by Gasteiger charge is -2.04. The number of anilines is 1. The Morgan fingerprint density at radius 3 is 2.54 bits per heavy atom. The number of nitro groups is 1. The molecule has 5 rings (SSSR count). The Hall–Kier alpha value is -4.90. The second-order valence-electron chi connectivity index (χ2n) is 7.77. The number of nitro benzene ring substituents is 1. The Balaban J connectivity index is 1.37. The molecular formula is C25H18ClN5O6. The first-order valence-corrected chi connectivity index (χ1v) is 11.2. The van der Waals surface area contributed by atoms with Gasteiger partial charge in [-0.1, -0.05) is 11.6 Å². The number of amides is 1. The molecule has 0 radical (unpaired) electrons. The molecule has 0 aliphatic heterocycles. The highest BCUT2D eigenvalue weighted by Gasteiger charge is 2.21. The van der Waals surface area contributed by atoms with E-state index in [9.17, 15) is 14.9 Å². The maximum Gasteiger partial charge on any atom is 0.291 e. The summed E-state index contributed by atoms with van der Waals surface area (Å²) in [5.74, 6) is 0.501. The van der Waals surface area contributed by atoms with Crippen molar-refractivity contribution < 1.29 is 23.6 Å². The Labute approximate surface area is 214 Å². The summed E-state index contributed by atoms with van der Waals surface area (Å²) in [5, 5.41) is 23.6. The Kier molecular flexibility index (Phi) is 6.20. The molecule has 0 unspecified atom stereocenters. The minimum absolute atomic E-state index is 0.0169. The van der Waals surface area contributed by atoms with Crippen LogP contribution in [0.1, 0.15) is 10.6 Å². The SMILES string of the molecule is COc1ccc(-c2ccc(C(=O)Nc3ccc4nn(-c5ccc(OC)c(Cl)c5)nc4c3)o2)c([N+](=O)[O-])c1. The van der Waals surface area contributed by atoms with Gasteiger partial charge in [-0.3, -0.25) is 14.9 Å². The molecule has 0 aliphatic carbocycles. The summed E-state index contributed by atoms with van der Waals surface area (Å²) >= 11 is 6.21. The van der Waals surface area contributed by atoms with Gasteiger partial charge in [0, 0.05) is 5.69 Å². The number of methoxy groups -OCH3 is 2. The number of furan rings is 1. The van der Waals surface area contributed by atoms with E-state index >= 15 is 0 Å². The lowest BCUT2D eigenvalue weighted by Crippen LogP contribution is -2.10. The molecule has 1 N–H and O–H groups in total. The fourth-order valence-electron chi connectivity index (χ4n) is 3.68. The normalized spacial score (nSPS) is 10.9. The van der Waals surface area contributed by atoms with Crippen LogP contribution in [0.15, 0.2) is 71.1 Å². The standard InChI is InChI=1S/C25H18ClN5O6/c1-35-16-5-6-17(21(13-16)31(33)34)22-9-10-24(37-22)25(32)27-14-3-7-19-20(11-14)29-30(28-19)15-4-8-23(36-2)18(26)12-15/h3-13H,1-2H3,(H,27,32). The highest BCUT2D eigenvalue weighted by molar-refractivity contribution is 6.32. The average Bonchev–Trinajstić information content (AvgIpc) is 3.56. The molecule has 37 heavy (non-hydrogen) atoms. The number of hydrogen-bond acceptors (Lipinski definition) is 8. The highest BCUT2D eigenvalue weighted by Crippen LogP contribution is 2.34. The van der Waals surface area contributed by atoms with Crippen LogP contribution in [0.4, 0.5) is 11.4 Å². The van der Waals surface area contributed by atoms with Crippen LogP contribution in [0.3, 0.4) is 0 Å². The number of benzene rings is 3. The van der Waals surface area contributed by atoms with Crippen molar-refractivity contribution in [3.05, 3.63) is 87.6 Å². The van der Waals surface area contributed by atoms with Gasteiger partial charge in [0.1, 0.15) is 28.3 Å². The maximum absolute atomic E-state index is 12.8. The number of carbonyl (C=O) groups excluding carboxylic acids is 1. The van der Waals surface area contributed by atoms with Gasteiger partial charge >= 0.3 is 0 Å². The number of fused-ring (bicyclic) bond motifs is 1. The Bertz CT molecular complexity index is 1660. The maximum atomic E-state index is 12.8. The van der Waals surface area contributed by atoms with Crippen LogP contribution >= 0.6 is 11.6 Å².